The Morgan fingerprint density at radius 3 is 2.96 bits per heavy atom. The summed E-state index contributed by atoms with van der Waals surface area (Å²) in [4.78, 5) is 22.7. The Labute approximate surface area is 144 Å². The minimum absolute atomic E-state index is 0. The van der Waals surface area contributed by atoms with E-state index < -0.39 is 0 Å². The van der Waals surface area contributed by atoms with Gasteiger partial charge in [0.1, 0.15) is 17.5 Å². The Kier molecular flexibility index (Phi) is 4.31. The van der Waals surface area contributed by atoms with E-state index in [1.807, 2.05) is 11.0 Å². The van der Waals surface area contributed by atoms with Crippen molar-refractivity contribution >= 4 is 29.7 Å². The molecule has 0 unspecified atom stereocenters. The number of rotatable bonds is 2. The van der Waals surface area contributed by atoms with Crippen LogP contribution >= 0.6 is 12.4 Å². The number of aromatic nitrogens is 1. The average molecular weight is 345 g/mol. The van der Waals surface area contributed by atoms with Crippen LogP contribution in [0.5, 0.6) is 0 Å². The zero-order valence-electron chi connectivity index (χ0n) is 12.6. The number of benzene rings is 1. The van der Waals surface area contributed by atoms with Crippen molar-refractivity contribution in [2.45, 2.75) is 0 Å². The number of ketones is 1. The Hall–Kier alpha value is -2.73. The predicted molar refractivity (Wildman–Crippen MR) is 92.0 cm³/mol. The molecule has 1 N–H and O–H groups in total. The molecule has 0 fully saturated rings. The van der Waals surface area contributed by atoms with Gasteiger partial charge in [-0.3, -0.25) is 14.8 Å². The molecular formula is C17H14ClFN4O. The SMILES string of the molecule is Cl.O=C(C=C1Nc2c(F)cccc2C2=NCCN12)c1cccnc1. The molecule has 0 aliphatic carbocycles. The summed E-state index contributed by atoms with van der Waals surface area (Å²) in [6.07, 6.45) is 4.59. The normalized spacial score (nSPS) is 16.6. The van der Waals surface area contributed by atoms with E-state index in [4.69, 9.17) is 0 Å². The van der Waals surface area contributed by atoms with E-state index in [2.05, 4.69) is 15.3 Å². The molecular weight excluding hydrogens is 331 g/mol. The van der Waals surface area contributed by atoms with Crippen LogP contribution < -0.4 is 5.32 Å². The first kappa shape index (κ1) is 16.1. The van der Waals surface area contributed by atoms with E-state index in [0.717, 1.165) is 0 Å². The van der Waals surface area contributed by atoms with E-state index in [9.17, 15) is 9.18 Å². The van der Waals surface area contributed by atoms with Gasteiger partial charge in [0, 0.05) is 36.1 Å². The fourth-order valence-electron chi connectivity index (χ4n) is 2.78. The van der Waals surface area contributed by atoms with Crippen molar-refractivity contribution in [1.82, 2.24) is 9.88 Å². The first-order valence-corrected chi connectivity index (χ1v) is 7.28. The maximum atomic E-state index is 14.1. The minimum atomic E-state index is -0.364. The summed E-state index contributed by atoms with van der Waals surface area (Å²) in [7, 11) is 0. The van der Waals surface area contributed by atoms with Gasteiger partial charge in [0.15, 0.2) is 5.78 Å². The van der Waals surface area contributed by atoms with E-state index in [1.165, 1.54) is 18.3 Å². The van der Waals surface area contributed by atoms with Crippen LogP contribution in [-0.4, -0.2) is 34.6 Å². The molecule has 0 spiro atoms. The summed E-state index contributed by atoms with van der Waals surface area (Å²) in [6.45, 7) is 1.27. The van der Waals surface area contributed by atoms with Crippen molar-refractivity contribution in [2.75, 3.05) is 18.4 Å². The number of para-hydroxylation sites is 1. The van der Waals surface area contributed by atoms with Crippen LogP contribution in [0, 0.1) is 5.82 Å². The molecule has 5 nitrogen and oxygen atoms in total. The number of amidine groups is 1. The van der Waals surface area contributed by atoms with Gasteiger partial charge in [0.05, 0.1) is 12.2 Å². The third kappa shape index (κ3) is 2.65. The van der Waals surface area contributed by atoms with Gasteiger partial charge >= 0.3 is 0 Å². The van der Waals surface area contributed by atoms with E-state index in [1.54, 1.807) is 24.4 Å². The third-order valence-corrected chi connectivity index (χ3v) is 3.85. The number of nitrogens with one attached hydrogen (secondary N) is 1. The Balaban J connectivity index is 0.00000169. The van der Waals surface area contributed by atoms with Gasteiger partial charge in [0.2, 0.25) is 0 Å². The van der Waals surface area contributed by atoms with Crippen molar-refractivity contribution in [3.8, 4) is 0 Å². The van der Waals surface area contributed by atoms with Gasteiger partial charge in [0.25, 0.3) is 0 Å². The summed E-state index contributed by atoms with van der Waals surface area (Å²) < 4.78 is 14.1. The fraction of sp³-hybridized carbons (Fsp3) is 0.118. The minimum Gasteiger partial charge on any atom is -0.338 e. The van der Waals surface area contributed by atoms with Crippen LogP contribution in [-0.2, 0) is 0 Å². The topological polar surface area (TPSA) is 57.6 Å². The largest absolute Gasteiger partial charge is 0.338 e. The quantitative estimate of drug-likeness (QED) is 0.672. The summed E-state index contributed by atoms with van der Waals surface area (Å²) >= 11 is 0. The molecule has 0 saturated carbocycles. The number of pyridine rings is 1. The highest BCUT2D eigenvalue weighted by atomic mass is 35.5. The zero-order valence-corrected chi connectivity index (χ0v) is 13.4. The number of fused-ring (bicyclic) bond motifs is 3. The average Bonchev–Trinajstić information content (AvgIpc) is 3.07. The van der Waals surface area contributed by atoms with Gasteiger partial charge in [-0.2, -0.15) is 0 Å². The van der Waals surface area contributed by atoms with E-state index in [0.29, 0.717) is 41.6 Å². The molecule has 0 amide bonds. The molecule has 2 aliphatic rings. The van der Waals surface area contributed by atoms with Gasteiger partial charge in [-0.05, 0) is 24.3 Å². The van der Waals surface area contributed by atoms with Crippen molar-refractivity contribution in [3.05, 3.63) is 71.6 Å². The molecule has 0 bridgehead atoms. The first-order valence-electron chi connectivity index (χ1n) is 7.28. The van der Waals surface area contributed by atoms with E-state index >= 15 is 0 Å². The number of hydrogen-bond donors (Lipinski definition) is 1. The van der Waals surface area contributed by atoms with Crippen LogP contribution in [0.4, 0.5) is 10.1 Å². The summed E-state index contributed by atoms with van der Waals surface area (Å²) in [5, 5.41) is 3.03. The number of nitrogens with zero attached hydrogens (tertiary/aromatic N) is 3. The van der Waals surface area contributed by atoms with Crippen molar-refractivity contribution in [1.29, 1.82) is 0 Å². The predicted octanol–water partition coefficient (Wildman–Crippen LogP) is 2.85. The molecule has 2 aliphatic heterocycles. The van der Waals surface area contributed by atoms with Crippen molar-refractivity contribution in [2.24, 2.45) is 4.99 Å². The van der Waals surface area contributed by atoms with Crippen LogP contribution in [0.15, 0.2) is 59.6 Å². The number of anilines is 1. The molecule has 24 heavy (non-hydrogen) atoms. The highest BCUT2D eigenvalue weighted by molar-refractivity contribution is 6.10. The fourth-order valence-corrected chi connectivity index (χ4v) is 2.78. The number of allylic oxidation sites excluding steroid dienone is 1. The maximum absolute atomic E-state index is 14.1. The number of carbonyl (C=O) groups is 1. The van der Waals surface area contributed by atoms with Gasteiger partial charge in [-0.15, -0.1) is 12.4 Å². The standard InChI is InChI=1S/C17H13FN4O.ClH/c18-13-5-1-4-12-16(13)21-15(22-8-7-20-17(12)22)9-14(23)11-3-2-6-19-10-11;/h1-6,9-10,21H,7-8H2;1H. The van der Waals surface area contributed by atoms with Gasteiger partial charge in [-0.25, -0.2) is 4.39 Å². The summed E-state index contributed by atoms with van der Waals surface area (Å²) in [5.74, 6) is 0.680. The molecule has 0 radical (unpaired) electrons. The molecule has 0 saturated heterocycles. The molecule has 3 heterocycles. The lowest BCUT2D eigenvalue weighted by molar-refractivity contribution is 0.104. The Morgan fingerprint density at radius 2 is 2.17 bits per heavy atom. The second kappa shape index (κ2) is 6.41. The van der Waals surface area contributed by atoms with Crippen LogP contribution in [0.2, 0.25) is 0 Å². The monoisotopic (exact) mass is 344 g/mol. The molecule has 122 valence electrons. The zero-order chi connectivity index (χ0) is 15.8. The Bertz CT molecular complexity index is 851. The number of carbonyl (C=O) groups excluding carboxylic acids is 1. The van der Waals surface area contributed by atoms with Crippen molar-refractivity contribution < 1.29 is 9.18 Å². The van der Waals surface area contributed by atoms with E-state index in [-0.39, 0.29) is 24.0 Å². The summed E-state index contributed by atoms with van der Waals surface area (Å²) in [5.41, 5.74) is 1.56. The smallest absolute Gasteiger partial charge is 0.191 e. The molecule has 1 aromatic carbocycles. The molecule has 0 atom stereocenters. The second-order valence-electron chi connectivity index (χ2n) is 5.28. The molecule has 1 aromatic heterocycles. The van der Waals surface area contributed by atoms with Crippen LogP contribution in [0.3, 0.4) is 0 Å². The maximum Gasteiger partial charge on any atom is 0.191 e. The Morgan fingerprint density at radius 1 is 1.29 bits per heavy atom. The van der Waals surface area contributed by atoms with Gasteiger partial charge in [-0.1, -0.05) is 6.07 Å². The number of halogens is 2. The first-order chi connectivity index (χ1) is 11.2. The molecule has 2 aromatic rings. The lowest BCUT2D eigenvalue weighted by Crippen LogP contribution is -2.37. The van der Waals surface area contributed by atoms with Crippen LogP contribution in [0.25, 0.3) is 0 Å². The lowest BCUT2D eigenvalue weighted by atomic mass is 10.1. The van der Waals surface area contributed by atoms with Gasteiger partial charge < -0.3 is 10.2 Å². The summed E-state index contributed by atoms with van der Waals surface area (Å²) in [6, 6.07) is 8.27. The molecule has 4 rings (SSSR count). The highest BCUT2D eigenvalue weighted by Crippen LogP contribution is 2.31. The molecule has 7 heteroatoms. The number of aliphatic imine (C=N–C) groups is 1. The lowest BCUT2D eigenvalue weighted by Gasteiger charge is -2.31. The van der Waals surface area contributed by atoms with Crippen LogP contribution in [0.1, 0.15) is 15.9 Å². The van der Waals surface area contributed by atoms with Crippen molar-refractivity contribution in [3.63, 3.8) is 0 Å². The second-order valence-corrected chi connectivity index (χ2v) is 5.28. The third-order valence-electron chi connectivity index (χ3n) is 3.85. The number of hydrogen-bond acceptors (Lipinski definition) is 5. The highest BCUT2D eigenvalue weighted by Gasteiger charge is 2.31.